The van der Waals surface area contributed by atoms with Crippen molar-refractivity contribution in [1.82, 2.24) is 0 Å². The van der Waals surface area contributed by atoms with Gasteiger partial charge in [0.05, 0.1) is 99.1 Å². The Morgan fingerprint density at radius 1 is 0.385 bits per heavy atom. The highest BCUT2D eigenvalue weighted by Crippen LogP contribution is 1.85. The summed E-state index contributed by atoms with van der Waals surface area (Å²) in [5.74, 6) is 0. The van der Waals surface area contributed by atoms with Gasteiger partial charge in [0, 0.05) is 7.11 Å². The van der Waals surface area contributed by atoms with Crippen LogP contribution in [0, 0.1) is 0 Å². The van der Waals surface area contributed by atoms with E-state index in [-0.39, 0.29) is 13.2 Å². The number of hydrogen-bond donors (Lipinski definition) is 0. The number of hydrogen-bond acceptors (Lipinski definition) is 8. The van der Waals surface area contributed by atoms with Gasteiger partial charge in [-0.3, -0.25) is 0 Å². The Hall–Kier alpha value is -0.360. The summed E-state index contributed by atoms with van der Waals surface area (Å²) in [4.78, 5) is 0. The molecule has 26 heavy (non-hydrogen) atoms. The van der Waals surface area contributed by atoms with Crippen molar-refractivity contribution in [1.29, 1.82) is 0 Å². The van der Waals surface area contributed by atoms with Gasteiger partial charge in [0.15, 0.2) is 0 Å². The lowest BCUT2D eigenvalue weighted by Crippen LogP contribution is -2.15. The van der Waals surface area contributed by atoms with Gasteiger partial charge in [0.1, 0.15) is 6.61 Å². The lowest BCUT2D eigenvalue weighted by Gasteiger charge is -2.08. The molecule has 0 amide bonds. The standard InChI is InChI=1S/C17H35O9/c1-19-4-5-21-8-9-23-12-13-25-16-17-26-15-14-24-11-10-22-7-6-20-3-2-18/h2-17H2,1H3. The Morgan fingerprint density at radius 2 is 0.615 bits per heavy atom. The van der Waals surface area contributed by atoms with Crippen LogP contribution in [0.5, 0.6) is 0 Å². The van der Waals surface area contributed by atoms with Crippen molar-refractivity contribution in [2.24, 2.45) is 0 Å². The zero-order chi connectivity index (χ0) is 19.0. The van der Waals surface area contributed by atoms with E-state index in [2.05, 4.69) is 0 Å². The average Bonchev–Trinajstić information content (AvgIpc) is 2.66. The van der Waals surface area contributed by atoms with Crippen molar-refractivity contribution in [3.8, 4) is 0 Å². The molecule has 0 saturated carbocycles. The molecule has 1 radical (unpaired) electrons. The van der Waals surface area contributed by atoms with E-state index in [4.69, 9.17) is 37.9 Å². The monoisotopic (exact) mass is 383 g/mol. The molecule has 0 heterocycles. The van der Waals surface area contributed by atoms with Gasteiger partial charge in [-0.1, -0.05) is 0 Å². The van der Waals surface area contributed by atoms with Crippen molar-refractivity contribution in [2.75, 3.05) is 113 Å². The summed E-state index contributed by atoms with van der Waals surface area (Å²) >= 11 is 0. The van der Waals surface area contributed by atoms with Crippen LogP contribution < -0.4 is 0 Å². The molecule has 0 unspecified atom stereocenters. The summed E-state index contributed by atoms with van der Waals surface area (Å²) in [5.41, 5.74) is 0. The highest BCUT2D eigenvalue weighted by Gasteiger charge is 1.94. The first kappa shape index (κ1) is 25.6. The summed E-state index contributed by atoms with van der Waals surface area (Å²) in [6, 6.07) is 0. The second-order valence-electron chi connectivity index (χ2n) is 4.98. The average molecular weight is 383 g/mol. The van der Waals surface area contributed by atoms with E-state index in [1.165, 1.54) is 0 Å². The third-order valence-corrected chi connectivity index (χ3v) is 2.89. The molecule has 0 bridgehead atoms. The van der Waals surface area contributed by atoms with Gasteiger partial charge in [0.25, 0.3) is 0 Å². The Morgan fingerprint density at radius 3 is 0.846 bits per heavy atom. The molecule has 0 aliphatic carbocycles. The predicted molar refractivity (Wildman–Crippen MR) is 93.2 cm³/mol. The predicted octanol–water partition coefficient (Wildman–Crippen LogP) is 0.180. The van der Waals surface area contributed by atoms with Crippen LogP contribution in [0.15, 0.2) is 0 Å². The van der Waals surface area contributed by atoms with Gasteiger partial charge < -0.3 is 37.9 Å². The van der Waals surface area contributed by atoms with Gasteiger partial charge in [-0.2, -0.15) is 0 Å². The molecule has 0 aromatic heterocycles. The van der Waals surface area contributed by atoms with Gasteiger partial charge in [0.2, 0.25) is 0 Å². The van der Waals surface area contributed by atoms with Crippen molar-refractivity contribution in [3.63, 3.8) is 0 Å². The van der Waals surface area contributed by atoms with E-state index < -0.39 is 0 Å². The van der Waals surface area contributed by atoms with Crippen LogP contribution in [0.3, 0.4) is 0 Å². The van der Waals surface area contributed by atoms with Gasteiger partial charge in [-0.15, -0.1) is 0 Å². The largest absolute Gasteiger partial charge is 0.382 e. The van der Waals surface area contributed by atoms with Crippen LogP contribution in [0.25, 0.3) is 0 Å². The Bertz CT molecular complexity index is 220. The number of ether oxygens (including phenoxy) is 8. The van der Waals surface area contributed by atoms with Crippen molar-refractivity contribution in [3.05, 3.63) is 0 Å². The molecular formula is C17H35O9. The van der Waals surface area contributed by atoms with E-state index in [0.717, 1.165) is 0 Å². The smallest absolute Gasteiger partial charge is 0.106 e. The third kappa shape index (κ3) is 23.6. The lowest BCUT2D eigenvalue weighted by atomic mass is 10.6. The van der Waals surface area contributed by atoms with Crippen molar-refractivity contribution >= 4 is 0 Å². The van der Waals surface area contributed by atoms with Crippen LogP contribution in [-0.2, 0) is 43.0 Å². The first-order valence-electron chi connectivity index (χ1n) is 9.03. The summed E-state index contributed by atoms with van der Waals surface area (Å²) in [7, 11) is 1.64. The molecule has 0 spiro atoms. The minimum Gasteiger partial charge on any atom is -0.382 e. The zero-order valence-electron chi connectivity index (χ0n) is 16.0. The summed E-state index contributed by atoms with van der Waals surface area (Å²) in [6.07, 6.45) is 0. The molecule has 0 fully saturated rings. The maximum Gasteiger partial charge on any atom is 0.106 e. The quantitative estimate of drug-likeness (QED) is 0.231. The second kappa shape index (κ2) is 24.6. The lowest BCUT2D eigenvalue weighted by molar-refractivity contribution is -0.0238. The molecule has 157 valence electrons. The maximum absolute atomic E-state index is 10.1. The molecule has 0 N–H and O–H groups in total. The second-order valence-corrected chi connectivity index (χ2v) is 4.98. The van der Waals surface area contributed by atoms with Crippen molar-refractivity contribution in [2.45, 2.75) is 0 Å². The molecule has 0 aliphatic heterocycles. The minimum atomic E-state index is -0.215. The molecule has 0 aromatic carbocycles. The van der Waals surface area contributed by atoms with Crippen LogP contribution in [0.1, 0.15) is 0 Å². The number of rotatable bonds is 23. The normalized spacial score (nSPS) is 11.3. The molecule has 9 heteroatoms. The summed E-state index contributed by atoms with van der Waals surface area (Å²) < 4.78 is 41.8. The van der Waals surface area contributed by atoms with E-state index in [1.54, 1.807) is 7.11 Å². The van der Waals surface area contributed by atoms with Crippen LogP contribution >= 0.6 is 0 Å². The van der Waals surface area contributed by atoms with Gasteiger partial charge in [-0.25, -0.2) is 5.11 Å². The zero-order valence-corrected chi connectivity index (χ0v) is 16.0. The van der Waals surface area contributed by atoms with E-state index in [1.807, 2.05) is 0 Å². The fraction of sp³-hybridized carbons (Fsp3) is 1.00. The fourth-order valence-corrected chi connectivity index (χ4v) is 1.62. The molecule has 0 rings (SSSR count). The summed E-state index contributed by atoms with van der Waals surface area (Å²) in [6.45, 7) is 7.41. The molecule has 9 nitrogen and oxygen atoms in total. The molecule has 0 aliphatic rings. The van der Waals surface area contributed by atoms with Gasteiger partial charge in [-0.05, 0) is 0 Å². The highest BCUT2D eigenvalue weighted by molar-refractivity contribution is 4.37. The van der Waals surface area contributed by atoms with Crippen LogP contribution in [0.4, 0.5) is 0 Å². The van der Waals surface area contributed by atoms with E-state index in [0.29, 0.717) is 92.5 Å². The van der Waals surface area contributed by atoms with E-state index >= 15 is 0 Å². The molecule has 0 saturated heterocycles. The Kier molecular flexibility index (Phi) is 24.3. The topological polar surface area (TPSA) is 93.7 Å². The number of methoxy groups -OCH3 is 1. The maximum atomic E-state index is 10.1. The molecular weight excluding hydrogens is 348 g/mol. The van der Waals surface area contributed by atoms with E-state index in [9.17, 15) is 5.11 Å². The van der Waals surface area contributed by atoms with Crippen molar-refractivity contribution < 1.29 is 43.0 Å². The molecule has 0 aromatic rings. The fourth-order valence-electron chi connectivity index (χ4n) is 1.62. The SMILES string of the molecule is COCCOCCOCCOCCOCCOCCOCCOCC[O]. The first-order chi connectivity index (χ1) is 12.9. The van der Waals surface area contributed by atoms with Gasteiger partial charge >= 0.3 is 0 Å². The minimum absolute atomic E-state index is 0.215. The first-order valence-corrected chi connectivity index (χ1v) is 9.03. The highest BCUT2D eigenvalue weighted by atomic mass is 16.6. The third-order valence-electron chi connectivity index (χ3n) is 2.89. The van der Waals surface area contributed by atoms with Crippen LogP contribution in [-0.4, -0.2) is 113 Å². The Labute approximate surface area is 156 Å². The van der Waals surface area contributed by atoms with Crippen LogP contribution in [0.2, 0.25) is 0 Å². The Balaban J connectivity index is 2.95. The summed E-state index contributed by atoms with van der Waals surface area (Å²) in [5, 5.41) is 10.1. The molecule has 0 atom stereocenters.